The van der Waals surface area contributed by atoms with Gasteiger partial charge in [0.15, 0.2) is 11.2 Å². The summed E-state index contributed by atoms with van der Waals surface area (Å²) >= 11 is 0. The summed E-state index contributed by atoms with van der Waals surface area (Å²) in [7, 11) is 1.57. The van der Waals surface area contributed by atoms with Crippen LogP contribution >= 0.6 is 0 Å². The Morgan fingerprint density at radius 1 is 1.15 bits per heavy atom. The topological polar surface area (TPSA) is 134 Å². The predicted molar refractivity (Wildman–Crippen MR) is 124 cm³/mol. The molecule has 1 aliphatic rings. The zero-order valence-corrected chi connectivity index (χ0v) is 18.5. The van der Waals surface area contributed by atoms with Crippen LogP contribution in [-0.4, -0.2) is 42.8 Å². The minimum Gasteiger partial charge on any atom is -0.406 e. The maximum Gasteiger partial charge on any atom is 0.346 e. The van der Waals surface area contributed by atoms with Crippen molar-refractivity contribution in [2.75, 3.05) is 18.0 Å². The summed E-state index contributed by atoms with van der Waals surface area (Å²) in [5.41, 5.74) is 5.58. The Morgan fingerprint density at radius 2 is 1.94 bits per heavy atom. The van der Waals surface area contributed by atoms with Crippen LogP contribution in [0.25, 0.3) is 22.1 Å². The zero-order valence-electron chi connectivity index (χ0n) is 18.5. The number of fused-ring (bicyclic) bond motifs is 2. The standard InChI is InChI=1S/C22H25N7O4/c1-3-28-17-18(25-21(28)27-10-6-7-13(23)11-27)26(2)22(32)29(19(17)30)12-16-24-15-9-5-4-8-14(15)20(31)33-16/h4-5,8-9,13H,3,6-7,10-12,23H2,1-2H3. The molecular formula is C22H25N7O4. The zero-order chi connectivity index (χ0) is 23.3. The molecular weight excluding hydrogens is 426 g/mol. The van der Waals surface area contributed by atoms with Crippen LogP contribution in [0.5, 0.6) is 0 Å². The van der Waals surface area contributed by atoms with Gasteiger partial charge in [0.05, 0.1) is 10.9 Å². The summed E-state index contributed by atoms with van der Waals surface area (Å²) in [4.78, 5) is 50.0. The molecule has 0 aliphatic carbocycles. The van der Waals surface area contributed by atoms with Gasteiger partial charge in [-0.05, 0) is 31.9 Å². The number of rotatable bonds is 4. The molecule has 11 heteroatoms. The fourth-order valence-corrected chi connectivity index (χ4v) is 4.50. The van der Waals surface area contributed by atoms with Crippen molar-refractivity contribution in [2.24, 2.45) is 12.8 Å². The lowest BCUT2D eigenvalue weighted by Crippen LogP contribution is -2.44. The van der Waals surface area contributed by atoms with Crippen molar-refractivity contribution < 1.29 is 4.42 Å². The van der Waals surface area contributed by atoms with Gasteiger partial charge in [-0.15, -0.1) is 0 Å². The third kappa shape index (κ3) is 3.44. The summed E-state index contributed by atoms with van der Waals surface area (Å²) in [5.74, 6) is 0.616. The minimum atomic E-state index is -0.566. The maximum atomic E-state index is 13.5. The van der Waals surface area contributed by atoms with E-state index in [1.165, 1.54) is 4.57 Å². The van der Waals surface area contributed by atoms with E-state index in [1.807, 2.05) is 11.5 Å². The van der Waals surface area contributed by atoms with E-state index in [1.54, 1.807) is 31.3 Å². The molecule has 4 aromatic rings. The average Bonchev–Trinajstić information content (AvgIpc) is 3.20. The summed E-state index contributed by atoms with van der Waals surface area (Å²) in [6.45, 7) is 3.57. The first kappa shape index (κ1) is 21.1. The van der Waals surface area contributed by atoms with E-state index >= 15 is 0 Å². The Bertz CT molecular complexity index is 1540. The van der Waals surface area contributed by atoms with Gasteiger partial charge in [0.2, 0.25) is 11.8 Å². The van der Waals surface area contributed by atoms with Crippen LogP contribution in [0, 0.1) is 0 Å². The van der Waals surface area contributed by atoms with Crippen LogP contribution in [0.1, 0.15) is 25.7 Å². The van der Waals surface area contributed by atoms with Crippen molar-refractivity contribution >= 4 is 28.0 Å². The van der Waals surface area contributed by atoms with Gasteiger partial charge < -0.3 is 19.6 Å². The van der Waals surface area contributed by atoms with Crippen molar-refractivity contribution in [2.45, 2.75) is 38.9 Å². The number of imidazole rings is 1. The van der Waals surface area contributed by atoms with Crippen molar-refractivity contribution in [1.29, 1.82) is 0 Å². The van der Waals surface area contributed by atoms with E-state index in [0.29, 0.717) is 41.1 Å². The highest BCUT2D eigenvalue weighted by atomic mass is 16.4. The molecule has 11 nitrogen and oxygen atoms in total. The summed E-state index contributed by atoms with van der Waals surface area (Å²) < 4.78 is 9.49. The van der Waals surface area contributed by atoms with Gasteiger partial charge in [-0.1, -0.05) is 12.1 Å². The highest BCUT2D eigenvalue weighted by Crippen LogP contribution is 2.22. The van der Waals surface area contributed by atoms with E-state index in [0.717, 1.165) is 24.0 Å². The fourth-order valence-electron chi connectivity index (χ4n) is 4.50. The number of hydrogen-bond donors (Lipinski definition) is 1. The summed E-state index contributed by atoms with van der Waals surface area (Å²) in [5, 5.41) is 0.338. The second-order valence-electron chi connectivity index (χ2n) is 8.32. The number of nitrogens with zero attached hydrogens (tertiary/aromatic N) is 6. The lowest BCUT2D eigenvalue weighted by Gasteiger charge is -2.31. The van der Waals surface area contributed by atoms with E-state index in [9.17, 15) is 14.4 Å². The number of para-hydroxylation sites is 1. The molecule has 33 heavy (non-hydrogen) atoms. The lowest BCUT2D eigenvalue weighted by atomic mass is 10.1. The second kappa shape index (κ2) is 8.00. The first-order chi connectivity index (χ1) is 15.9. The van der Waals surface area contributed by atoms with E-state index in [2.05, 4.69) is 14.9 Å². The lowest BCUT2D eigenvalue weighted by molar-refractivity contribution is 0.423. The Kier molecular flexibility index (Phi) is 5.12. The average molecular weight is 451 g/mol. The predicted octanol–water partition coefficient (Wildman–Crippen LogP) is 0.394. The third-order valence-electron chi connectivity index (χ3n) is 6.14. The Hall–Kier alpha value is -3.73. The molecule has 1 aliphatic heterocycles. The number of piperidine rings is 1. The normalized spacial score (nSPS) is 16.7. The number of nitrogens with two attached hydrogens (primary N) is 1. The summed E-state index contributed by atoms with van der Waals surface area (Å²) in [6.07, 6.45) is 1.88. The Morgan fingerprint density at radius 3 is 2.70 bits per heavy atom. The molecule has 2 N–H and O–H groups in total. The molecule has 1 fully saturated rings. The largest absolute Gasteiger partial charge is 0.406 e. The van der Waals surface area contributed by atoms with Crippen molar-refractivity contribution in [3.63, 3.8) is 0 Å². The van der Waals surface area contributed by atoms with Gasteiger partial charge >= 0.3 is 11.3 Å². The van der Waals surface area contributed by atoms with Crippen molar-refractivity contribution in [3.8, 4) is 0 Å². The number of benzene rings is 1. The fraction of sp³-hybridized carbons (Fsp3) is 0.409. The molecule has 0 radical (unpaired) electrons. The minimum absolute atomic E-state index is 0.0120. The second-order valence-corrected chi connectivity index (χ2v) is 8.32. The first-order valence-corrected chi connectivity index (χ1v) is 11.0. The first-order valence-electron chi connectivity index (χ1n) is 11.0. The van der Waals surface area contributed by atoms with Gasteiger partial charge in [0.1, 0.15) is 6.54 Å². The molecule has 1 aromatic carbocycles. The molecule has 1 unspecified atom stereocenters. The van der Waals surface area contributed by atoms with Gasteiger partial charge in [-0.2, -0.15) is 4.98 Å². The number of aromatic nitrogens is 5. The van der Waals surface area contributed by atoms with Crippen molar-refractivity contribution in [1.82, 2.24) is 23.7 Å². The Balaban J connectivity index is 1.67. The van der Waals surface area contributed by atoms with E-state index < -0.39 is 16.9 Å². The molecule has 5 rings (SSSR count). The van der Waals surface area contributed by atoms with Crippen LogP contribution in [0.2, 0.25) is 0 Å². The van der Waals surface area contributed by atoms with Gasteiger partial charge in [-0.25, -0.2) is 19.1 Å². The molecule has 0 spiro atoms. The van der Waals surface area contributed by atoms with Crippen LogP contribution in [0.4, 0.5) is 5.95 Å². The SMILES string of the molecule is CCn1c(N2CCCC(N)C2)nc2c1c(=O)n(Cc1nc3ccccc3c(=O)o1)c(=O)n2C. The smallest absolute Gasteiger partial charge is 0.346 e. The van der Waals surface area contributed by atoms with E-state index in [4.69, 9.17) is 10.2 Å². The quantitative estimate of drug-likeness (QED) is 0.471. The number of anilines is 1. The van der Waals surface area contributed by atoms with Crippen LogP contribution in [0.15, 0.2) is 43.1 Å². The Labute approximate surface area is 187 Å². The van der Waals surface area contributed by atoms with Gasteiger partial charge in [0.25, 0.3) is 5.56 Å². The molecule has 4 heterocycles. The summed E-state index contributed by atoms with van der Waals surface area (Å²) in [6, 6.07) is 6.80. The molecule has 0 bridgehead atoms. The third-order valence-corrected chi connectivity index (χ3v) is 6.14. The molecule has 0 saturated carbocycles. The number of hydrogen-bond acceptors (Lipinski definition) is 8. The van der Waals surface area contributed by atoms with Crippen LogP contribution in [0.3, 0.4) is 0 Å². The molecule has 1 saturated heterocycles. The maximum absolute atomic E-state index is 13.5. The molecule has 172 valence electrons. The van der Waals surface area contributed by atoms with Crippen LogP contribution < -0.4 is 27.5 Å². The van der Waals surface area contributed by atoms with Gasteiger partial charge in [-0.3, -0.25) is 9.36 Å². The highest BCUT2D eigenvalue weighted by Gasteiger charge is 2.26. The molecule has 3 aromatic heterocycles. The van der Waals surface area contributed by atoms with Crippen LogP contribution in [-0.2, 0) is 20.1 Å². The highest BCUT2D eigenvalue weighted by molar-refractivity contribution is 5.77. The molecule has 1 atom stereocenters. The van der Waals surface area contributed by atoms with E-state index in [-0.39, 0.29) is 18.5 Å². The molecule has 0 amide bonds. The number of aryl methyl sites for hydroxylation is 2. The monoisotopic (exact) mass is 451 g/mol. The van der Waals surface area contributed by atoms with Gasteiger partial charge in [0, 0.05) is 32.7 Å². The van der Waals surface area contributed by atoms with Crippen molar-refractivity contribution in [3.05, 3.63) is 61.4 Å².